The van der Waals surface area contributed by atoms with Crippen LogP contribution in [0.1, 0.15) is 18.4 Å². The molecule has 0 saturated heterocycles. The summed E-state index contributed by atoms with van der Waals surface area (Å²) in [6, 6.07) is 8.64. The topological polar surface area (TPSA) is 66.7 Å². The first-order valence-corrected chi connectivity index (χ1v) is 10.1. The highest BCUT2D eigenvalue weighted by atomic mass is 32.1. The molecule has 0 saturated carbocycles. The molecule has 2 amide bonds. The maximum Gasteiger partial charge on any atom is 0.406 e. The van der Waals surface area contributed by atoms with E-state index in [1.54, 1.807) is 6.07 Å². The van der Waals surface area contributed by atoms with E-state index in [1.165, 1.54) is 55.0 Å². The number of thiazole rings is 1. The number of benzene rings is 1. The van der Waals surface area contributed by atoms with Crippen molar-refractivity contribution in [1.29, 1.82) is 0 Å². The molecule has 1 aromatic carbocycles. The number of carbonyl (C=O) groups is 2. The highest BCUT2D eigenvalue weighted by Gasteiger charge is 2.32. The smallest absolute Gasteiger partial charge is 0.406 e. The summed E-state index contributed by atoms with van der Waals surface area (Å²) in [6.45, 7) is -0.565. The molecule has 32 heavy (non-hydrogen) atoms. The van der Waals surface area contributed by atoms with Crippen molar-refractivity contribution >= 4 is 40.0 Å². The number of anilines is 2. The summed E-state index contributed by atoms with van der Waals surface area (Å²) in [5, 5.41) is 1.65. The standard InChI is InChI=1S/C21H17F4N3O3S/c1-14(29)28(18-7-3-2-6-17(18)22)20-26-15(12-32-20)8-9-19(30)27(13-21(23,24)25)11-16-5-4-10-31-16/h2-10,12H,11,13H2,1H3/b9-8+. The fourth-order valence-electron chi connectivity index (χ4n) is 2.78. The molecule has 11 heteroatoms. The number of para-hydroxylation sites is 1. The second kappa shape index (κ2) is 9.77. The zero-order valence-electron chi connectivity index (χ0n) is 16.7. The van der Waals surface area contributed by atoms with Crippen LogP contribution in [0.25, 0.3) is 6.08 Å². The predicted molar refractivity (Wildman–Crippen MR) is 111 cm³/mol. The van der Waals surface area contributed by atoms with Gasteiger partial charge in [0.1, 0.15) is 18.1 Å². The molecule has 0 aliphatic carbocycles. The van der Waals surface area contributed by atoms with Gasteiger partial charge in [-0.05, 0) is 30.3 Å². The molecule has 0 spiro atoms. The third kappa shape index (κ3) is 6.03. The Morgan fingerprint density at radius 3 is 2.56 bits per heavy atom. The second-order valence-electron chi connectivity index (χ2n) is 6.58. The lowest BCUT2D eigenvalue weighted by Crippen LogP contribution is -2.37. The van der Waals surface area contributed by atoms with E-state index in [0.29, 0.717) is 4.90 Å². The molecule has 0 aliphatic rings. The summed E-state index contributed by atoms with van der Waals surface area (Å²) < 4.78 is 57.9. The van der Waals surface area contributed by atoms with Crippen molar-refractivity contribution in [3.63, 3.8) is 0 Å². The Balaban J connectivity index is 1.79. The van der Waals surface area contributed by atoms with Gasteiger partial charge in [-0.15, -0.1) is 11.3 Å². The first kappa shape index (κ1) is 23.2. The van der Waals surface area contributed by atoms with Gasteiger partial charge < -0.3 is 9.32 Å². The molecule has 2 heterocycles. The molecular weight excluding hydrogens is 450 g/mol. The second-order valence-corrected chi connectivity index (χ2v) is 7.42. The van der Waals surface area contributed by atoms with Gasteiger partial charge in [-0.3, -0.25) is 14.5 Å². The van der Waals surface area contributed by atoms with Crippen molar-refractivity contribution < 1.29 is 31.6 Å². The van der Waals surface area contributed by atoms with Crippen molar-refractivity contribution in [1.82, 2.24) is 9.88 Å². The van der Waals surface area contributed by atoms with Crippen LogP contribution in [-0.2, 0) is 16.1 Å². The van der Waals surface area contributed by atoms with Gasteiger partial charge in [-0.1, -0.05) is 12.1 Å². The van der Waals surface area contributed by atoms with Crippen molar-refractivity contribution in [2.45, 2.75) is 19.6 Å². The molecule has 3 rings (SSSR count). The number of halogens is 4. The van der Waals surface area contributed by atoms with Crippen LogP contribution in [-0.4, -0.2) is 34.4 Å². The highest BCUT2D eigenvalue weighted by Crippen LogP contribution is 2.31. The number of alkyl halides is 3. The van der Waals surface area contributed by atoms with Crippen LogP contribution >= 0.6 is 11.3 Å². The molecule has 2 aromatic heterocycles. The van der Waals surface area contributed by atoms with Crippen LogP contribution in [0.15, 0.2) is 58.5 Å². The zero-order chi connectivity index (χ0) is 23.3. The molecular formula is C21H17F4N3O3S. The number of hydrogen-bond acceptors (Lipinski definition) is 5. The fourth-order valence-corrected chi connectivity index (χ4v) is 3.62. The lowest BCUT2D eigenvalue weighted by molar-refractivity contribution is -0.159. The lowest BCUT2D eigenvalue weighted by Gasteiger charge is -2.21. The SMILES string of the molecule is CC(=O)N(c1nc(/C=C/C(=O)N(Cc2ccco2)CC(F)(F)F)cs1)c1ccccc1F. The van der Waals surface area contributed by atoms with Crippen LogP contribution in [0.2, 0.25) is 0 Å². The number of rotatable bonds is 7. The Kier molecular flexibility index (Phi) is 7.08. The normalized spacial score (nSPS) is 11.7. The number of furan rings is 1. The van der Waals surface area contributed by atoms with Gasteiger partial charge in [0.05, 0.1) is 24.2 Å². The van der Waals surface area contributed by atoms with Gasteiger partial charge in [0.25, 0.3) is 0 Å². The zero-order valence-corrected chi connectivity index (χ0v) is 17.5. The van der Waals surface area contributed by atoms with Crippen LogP contribution in [0.5, 0.6) is 0 Å². The Bertz CT molecular complexity index is 1110. The number of hydrogen-bond donors (Lipinski definition) is 0. The van der Waals surface area contributed by atoms with Crippen molar-refractivity contribution in [2.75, 3.05) is 11.4 Å². The van der Waals surface area contributed by atoms with E-state index >= 15 is 0 Å². The van der Waals surface area contributed by atoms with E-state index in [2.05, 4.69) is 4.98 Å². The van der Waals surface area contributed by atoms with Crippen LogP contribution < -0.4 is 4.90 Å². The van der Waals surface area contributed by atoms with E-state index in [1.807, 2.05) is 0 Å². The minimum absolute atomic E-state index is 0.00996. The Hall–Kier alpha value is -3.47. The number of aromatic nitrogens is 1. The average Bonchev–Trinajstić information content (AvgIpc) is 3.38. The largest absolute Gasteiger partial charge is 0.467 e. The van der Waals surface area contributed by atoms with E-state index in [4.69, 9.17) is 4.42 Å². The third-order valence-electron chi connectivity index (χ3n) is 4.11. The minimum atomic E-state index is -4.59. The number of amides is 2. The summed E-state index contributed by atoms with van der Waals surface area (Å²) in [5.74, 6) is -1.79. The van der Waals surface area contributed by atoms with Crippen LogP contribution in [0.3, 0.4) is 0 Å². The molecule has 168 valence electrons. The maximum absolute atomic E-state index is 14.1. The summed E-state index contributed by atoms with van der Waals surface area (Å²) in [6.07, 6.45) is -1.11. The first-order chi connectivity index (χ1) is 15.1. The number of nitrogens with zero attached hydrogens (tertiary/aromatic N) is 3. The molecule has 6 nitrogen and oxygen atoms in total. The maximum atomic E-state index is 14.1. The van der Waals surface area contributed by atoms with E-state index < -0.39 is 30.4 Å². The summed E-state index contributed by atoms with van der Waals surface area (Å²) >= 11 is 1.02. The third-order valence-corrected chi connectivity index (χ3v) is 4.96. The Morgan fingerprint density at radius 2 is 1.94 bits per heavy atom. The van der Waals surface area contributed by atoms with Crippen molar-refractivity contribution in [3.05, 3.63) is 71.4 Å². The number of carbonyl (C=O) groups excluding carboxylic acids is 2. The molecule has 0 aliphatic heterocycles. The van der Waals surface area contributed by atoms with Crippen molar-refractivity contribution in [3.8, 4) is 0 Å². The first-order valence-electron chi connectivity index (χ1n) is 9.21. The lowest BCUT2D eigenvalue weighted by atomic mass is 10.3. The van der Waals surface area contributed by atoms with Gasteiger partial charge in [-0.2, -0.15) is 13.2 Å². The van der Waals surface area contributed by atoms with Crippen LogP contribution in [0.4, 0.5) is 28.4 Å². The molecule has 3 aromatic rings. The van der Waals surface area contributed by atoms with Gasteiger partial charge in [0, 0.05) is 18.4 Å². The van der Waals surface area contributed by atoms with Gasteiger partial charge in [0.15, 0.2) is 5.13 Å². The predicted octanol–water partition coefficient (Wildman–Crippen LogP) is 5.16. The molecule has 0 fully saturated rings. The summed E-state index contributed by atoms with van der Waals surface area (Å²) in [5.41, 5.74) is 0.238. The summed E-state index contributed by atoms with van der Waals surface area (Å²) in [7, 11) is 0. The van der Waals surface area contributed by atoms with Crippen LogP contribution in [0, 0.1) is 5.82 Å². The van der Waals surface area contributed by atoms with E-state index in [9.17, 15) is 27.2 Å². The van der Waals surface area contributed by atoms with Gasteiger partial charge >= 0.3 is 6.18 Å². The summed E-state index contributed by atoms with van der Waals surface area (Å²) in [4.78, 5) is 30.3. The van der Waals surface area contributed by atoms with E-state index in [-0.39, 0.29) is 28.8 Å². The van der Waals surface area contributed by atoms with Gasteiger partial charge in [-0.25, -0.2) is 9.37 Å². The Labute approximate surface area is 184 Å². The van der Waals surface area contributed by atoms with E-state index in [0.717, 1.165) is 22.3 Å². The molecule has 0 radical (unpaired) electrons. The monoisotopic (exact) mass is 467 g/mol. The minimum Gasteiger partial charge on any atom is -0.467 e. The molecule has 0 unspecified atom stereocenters. The molecule has 0 atom stereocenters. The quantitative estimate of drug-likeness (QED) is 0.356. The molecule has 0 N–H and O–H groups in total. The molecule has 0 bridgehead atoms. The Morgan fingerprint density at radius 1 is 1.19 bits per heavy atom. The fraction of sp³-hybridized carbons (Fsp3) is 0.190. The average molecular weight is 467 g/mol. The van der Waals surface area contributed by atoms with Crippen molar-refractivity contribution in [2.24, 2.45) is 0 Å². The highest BCUT2D eigenvalue weighted by molar-refractivity contribution is 7.14. The van der Waals surface area contributed by atoms with Gasteiger partial charge in [0.2, 0.25) is 11.8 Å².